The van der Waals surface area contributed by atoms with E-state index in [2.05, 4.69) is 24.9 Å². The molecule has 0 aliphatic carbocycles. The molecule has 5 heteroatoms. The highest BCUT2D eigenvalue weighted by atomic mass is 32.1. The minimum Gasteiger partial charge on any atom is -0.326 e. The fourth-order valence-corrected chi connectivity index (χ4v) is 2.43. The Balaban J connectivity index is 2.43. The second-order valence-electron chi connectivity index (χ2n) is 4.69. The van der Waals surface area contributed by atoms with Crippen molar-refractivity contribution in [3.05, 3.63) is 0 Å². The molecular formula is C12H22N2O2S. The molecule has 98 valence electrons. The molecular weight excluding hydrogens is 236 g/mol. The number of carbonyl (C=O) groups is 2. The highest BCUT2D eigenvalue weighted by Crippen LogP contribution is 2.15. The van der Waals surface area contributed by atoms with Gasteiger partial charge in [-0.3, -0.25) is 9.69 Å². The van der Waals surface area contributed by atoms with Gasteiger partial charge >= 0.3 is 6.03 Å². The first kappa shape index (κ1) is 14.4. The van der Waals surface area contributed by atoms with E-state index in [1.54, 1.807) is 0 Å². The van der Waals surface area contributed by atoms with Crippen molar-refractivity contribution >= 4 is 24.6 Å². The van der Waals surface area contributed by atoms with Crippen LogP contribution in [-0.2, 0) is 4.79 Å². The summed E-state index contributed by atoms with van der Waals surface area (Å²) in [6.07, 6.45) is 3.51. The van der Waals surface area contributed by atoms with Crippen LogP contribution in [0.1, 0.15) is 39.5 Å². The smallest absolute Gasteiger partial charge is 0.324 e. The number of urea groups is 1. The van der Waals surface area contributed by atoms with Crippen LogP contribution >= 0.6 is 12.6 Å². The molecule has 0 aromatic heterocycles. The molecule has 0 spiro atoms. The topological polar surface area (TPSA) is 49.4 Å². The van der Waals surface area contributed by atoms with E-state index in [1.165, 1.54) is 4.90 Å². The molecule has 17 heavy (non-hydrogen) atoms. The number of carbonyl (C=O) groups excluding carboxylic acids is 2. The normalized spacial score (nSPS) is 21.8. The van der Waals surface area contributed by atoms with Gasteiger partial charge in [-0.2, -0.15) is 12.6 Å². The number of amides is 3. The number of thiol groups is 1. The van der Waals surface area contributed by atoms with Gasteiger partial charge in [-0.05, 0) is 30.9 Å². The monoisotopic (exact) mass is 258 g/mol. The fraction of sp³-hybridized carbons (Fsp3) is 0.833. The SMILES string of the molecule is CCCC1NC(=O)N(CCC(C)CCS)C1=O. The lowest BCUT2D eigenvalue weighted by molar-refractivity contribution is -0.127. The van der Waals surface area contributed by atoms with Crippen molar-refractivity contribution in [3.8, 4) is 0 Å². The van der Waals surface area contributed by atoms with E-state index in [9.17, 15) is 9.59 Å². The van der Waals surface area contributed by atoms with Crippen molar-refractivity contribution < 1.29 is 9.59 Å². The third-order valence-corrected chi connectivity index (χ3v) is 3.41. The lowest BCUT2D eigenvalue weighted by Gasteiger charge is -2.16. The molecule has 1 aliphatic heterocycles. The van der Waals surface area contributed by atoms with Gasteiger partial charge in [0.25, 0.3) is 5.91 Å². The Labute approximate surface area is 109 Å². The molecule has 0 radical (unpaired) electrons. The third-order valence-electron chi connectivity index (χ3n) is 3.15. The third kappa shape index (κ3) is 3.91. The van der Waals surface area contributed by atoms with Crippen molar-refractivity contribution in [2.24, 2.45) is 5.92 Å². The zero-order valence-corrected chi connectivity index (χ0v) is 11.5. The maximum Gasteiger partial charge on any atom is 0.324 e. The largest absolute Gasteiger partial charge is 0.326 e. The first-order valence-electron chi connectivity index (χ1n) is 6.32. The van der Waals surface area contributed by atoms with Crippen LogP contribution in [0.15, 0.2) is 0 Å². The van der Waals surface area contributed by atoms with Crippen LogP contribution in [-0.4, -0.2) is 35.2 Å². The number of hydrogen-bond acceptors (Lipinski definition) is 3. The van der Waals surface area contributed by atoms with E-state index in [-0.39, 0.29) is 18.0 Å². The average molecular weight is 258 g/mol. The van der Waals surface area contributed by atoms with Crippen LogP contribution in [0.3, 0.4) is 0 Å². The molecule has 0 saturated carbocycles. The quantitative estimate of drug-likeness (QED) is 0.542. The summed E-state index contributed by atoms with van der Waals surface area (Å²) in [5, 5.41) is 2.73. The Kier molecular flexibility index (Phi) is 5.82. The Morgan fingerprint density at radius 1 is 1.41 bits per heavy atom. The van der Waals surface area contributed by atoms with Gasteiger partial charge < -0.3 is 5.32 Å². The molecule has 3 amide bonds. The molecule has 1 fully saturated rings. The minimum atomic E-state index is -0.298. The van der Waals surface area contributed by atoms with E-state index < -0.39 is 0 Å². The van der Waals surface area contributed by atoms with Crippen LogP contribution in [0, 0.1) is 5.92 Å². The molecule has 1 rings (SSSR count). The van der Waals surface area contributed by atoms with Crippen molar-refractivity contribution in [2.75, 3.05) is 12.3 Å². The fourth-order valence-electron chi connectivity index (χ4n) is 1.99. The van der Waals surface area contributed by atoms with Crippen LogP contribution in [0.5, 0.6) is 0 Å². The highest BCUT2D eigenvalue weighted by Gasteiger charge is 2.36. The molecule has 1 saturated heterocycles. The van der Waals surface area contributed by atoms with Crippen LogP contribution in [0.25, 0.3) is 0 Å². The summed E-state index contributed by atoms with van der Waals surface area (Å²) in [5.41, 5.74) is 0. The summed E-state index contributed by atoms with van der Waals surface area (Å²) in [6, 6.07) is -0.529. The van der Waals surface area contributed by atoms with E-state index in [1.807, 2.05) is 6.92 Å². The number of nitrogens with one attached hydrogen (secondary N) is 1. The van der Waals surface area contributed by atoms with Gasteiger partial charge in [-0.1, -0.05) is 20.3 Å². The van der Waals surface area contributed by atoms with Crippen molar-refractivity contribution in [1.29, 1.82) is 0 Å². The summed E-state index contributed by atoms with van der Waals surface area (Å²) >= 11 is 4.18. The summed E-state index contributed by atoms with van der Waals surface area (Å²) in [4.78, 5) is 24.9. The van der Waals surface area contributed by atoms with Gasteiger partial charge in [0.15, 0.2) is 0 Å². The number of rotatable bonds is 7. The second-order valence-corrected chi connectivity index (χ2v) is 5.13. The van der Waals surface area contributed by atoms with Gasteiger partial charge in [0, 0.05) is 6.54 Å². The maximum atomic E-state index is 11.9. The summed E-state index contributed by atoms with van der Waals surface area (Å²) in [7, 11) is 0. The molecule has 4 nitrogen and oxygen atoms in total. The molecule has 1 N–H and O–H groups in total. The molecule has 1 aliphatic rings. The second kappa shape index (κ2) is 6.89. The Morgan fingerprint density at radius 3 is 2.71 bits per heavy atom. The zero-order chi connectivity index (χ0) is 12.8. The predicted octanol–water partition coefficient (Wildman–Crippen LogP) is 2.05. The number of hydrogen-bond donors (Lipinski definition) is 2. The molecule has 0 bridgehead atoms. The lowest BCUT2D eigenvalue weighted by atomic mass is 10.0. The molecule has 0 aromatic carbocycles. The average Bonchev–Trinajstić information content (AvgIpc) is 2.53. The Hall–Kier alpha value is -0.710. The van der Waals surface area contributed by atoms with Crippen molar-refractivity contribution in [1.82, 2.24) is 10.2 Å². The lowest BCUT2D eigenvalue weighted by Crippen LogP contribution is -2.33. The molecule has 0 aromatic rings. The van der Waals surface area contributed by atoms with Crippen molar-refractivity contribution in [2.45, 2.75) is 45.6 Å². The molecule has 2 atom stereocenters. The van der Waals surface area contributed by atoms with Gasteiger partial charge in [0.2, 0.25) is 0 Å². The molecule has 1 heterocycles. The summed E-state index contributed by atoms with van der Waals surface area (Å²) in [6.45, 7) is 4.66. The Morgan fingerprint density at radius 2 is 2.12 bits per heavy atom. The summed E-state index contributed by atoms with van der Waals surface area (Å²) in [5.74, 6) is 1.29. The van der Waals surface area contributed by atoms with Crippen LogP contribution < -0.4 is 5.32 Å². The molecule has 2 unspecified atom stereocenters. The van der Waals surface area contributed by atoms with E-state index in [4.69, 9.17) is 0 Å². The first-order valence-corrected chi connectivity index (χ1v) is 6.96. The van der Waals surface area contributed by atoms with E-state index in [0.717, 1.165) is 31.4 Å². The van der Waals surface area contributed by atoms with Gasteiger partial charge in [0.05, 0.1) is 0 Å². The van der Waals surface area contributed by atoms with Gasteiger partial charge in [0.1, 0.15) is 6.04 Å². The van der Waals surface area contributed by atoms with Gasteiger partial charge in [-0.25, -0.2) is 4.79 Å². The standard InChI is InChI=1S/C12H22N2O2S/c1-3-4-10-11(15)14(12(16)13-10)7-5-9(2)6-8-17/h9-10,17H,3-8H2,1-2H3,(H,13,16). The Bertz CT molecular complexity index is 284. The minimum absolute atomic E-state index is 0.0603. The van der Waals surface area contributed by atoms with Crippen LogP contribution in [0.4, 0.5) is 4.79 Å². The van der Waals surface area contributed by atoms with Gasteiger partial charge in [-0.15, -0.1) is 0 Å². The summed E-state index contributed by atoms with van der Waals surface area (Å²) < 4.78 is 0. The van der Waals surface area contributed by atoms with E-state index in [0.29, 0.717) is 12.5 Å². The maximum absolute atomic E-state index is 11.9. The number of imide groups is 1. The highest BCUT2D eigenvalue weighted by molar-refractivity contribution is 7.80. The number of nitrogens with zero attached hydrogens (tertiary/aromatic N) is 1. The zero-order valence-electron chi connectivity index (χ0n) is 10.6. The van der Waals surface area contributed by atoms with E-state index >= 15 is 0 Å². The predicted molar refractivity (Wildman–Crippen MR) is 71.2 cm³/mol. The first-order chi connectivity index (χ1) is 8.10. The van der Waals surface area contributed by atoms with Crippen LogP contribution in [0.2, 0.25) is 0 Å². The van der Waals surface area contributed by atoms with Crippen molar-refractivity contribution in [3.63, 3.8) is 0 Å².